The van der Waals surface area contributed by atoms with Gasteiger partial charge in [0.15, 0.2) is 0 Å². The van der Waals surface area contributed by atoms with Crippen LogP contribution in [0.25, 0.3) is 0 Å². The summed E-state index contributed by atoms with van der Waals surface area (Å²) >= 11 is 8.19. The van der Waals surface area contributed by atoms with Gasteiger partial charge in [0.1, 0.15) is 5.78 Å². The Balaban J connectivity index is 2.54. The molecule has 1 aliphatic rings. The van der Waals surface area contributed by atoms with Crippen LogP contribution in [0.2, 0.25) is 5.02 Å². The minimum Gasteiger partial charge on any atom is -0.299 e. The van der Waals surface area contributed by atoms with Crippen LogP contribution in [0, 0.1) is 3.57 Å². The summed E-state index contributed by atoms with van der Waals surface area (Å²) < 4.78 is 1.05. The Morgan fingerprint density at radius 2 is 2.08 bits per heavy atom. The van der Waals surface area contributed by atoms with Gasteiger partial charge in [0.25, 0.3) is 0 Å². The smallest absolute Gasteiger partial charge is 0.137 e. The summed E-state index contributed by atoms with van der Waals surface area (Å²) in [5.74, 6) is 0.327. The van der Waals surface area contributed by atoms with Crippen molar-refractivity contribution < 1.29 is 4.79 Å². The molecule has 0 spiro atoms. The van der Waals surface area contributed by atoms with Crippen LogP contribution in [0.15, 0.2) is 12.1 Å². The van der Waals surface area contributed by atoms with E-state index in [1.54, 1.807) is 0 Å². The average Bonchev–Trinajstić information content (AvgIpc) is 2.12. The number of benzene rings is 1. The molecule has 0 N–H and O–H groups in total. The highest BCUT2D eigenvalue weighted by Gasteiger charge is 2.18. The molecule has 1 aromatic rings. The average molecular weight is 307 g/mol. The molecule has 0 atom stereocenters. The van der Waals surface area contributed by atoms with Crippen molar-refractivity contribution in [2.45, 2.75) is 19.3 Å². The lowest BCUT2D eigenvalue weighted by molar-refractivity contribution is -0.118. The normalized spacial score (nSPS) is 15.7. The number of Topliss-reactive ketones (excluding diaryl/α,β-unsaturated/α-hetero) is 1. The van der Waals surface area contributed by atoms with Gasteiger partial charge in [-0.2, -0.15) is 0 Å². The van der Waals surface area contributed by atoms with Crippen LogP contribution < -0.4 is 0 Å². The predicted molar refractivity (Wildman–Crippen MR) is 61.2 cm³/mol. The first-order chi connectivity index (χ1) is 6.18. The van der Waals surface area contributed by atoms with Crippen molar-refractivity contribution in [3.63, 3.8) is 0 Å². The van der Waals surface area contributed by atoms with Gasteiger partial charge in [0, 0.05) is 16.4 Å². The van der Waals surface area contributed by atoms with Gasteiger partial charge < -0.3 is 0 Å². The Labute approximate surface area is 95.6 Å². The molecule has 13 heavy (non-hydrogen) atoms. The number of hydrogen-bond acceptors (Lipinski definition) is 1. The zero-order valence-electron chi connectivity index (χ0n) is 6.94. The minimum atomic E-state index is 0.327. The standard InChI is InChI=1S/C10H8ClIO/c11-9-4-2-6-1-3-7(13)5-8(6)10(9)12/h2,4H,1,3,5H2. The topological polar surface area (TPSA) is 17.1 Å². The van der Waals surface area contributed by atoms with Crippen LogP contribution in [-0.2, 0) is 17.6 Å². The minimum absolute atomic E-state index is 0.327. The highest BCUT2D eigenvalue weighted by molar-refractivity contribution is 14.1. The van der Waals surface area contributed by atoms with E-state index in [0.717, 1.165) is 20.6 Å². The summed E-state index contributed by atoms with van der Waals surface area (Å²) in [7, 11) is 0. The monoisotopic (exact) mass is 306 g/mol. The summed E-state index contributed by atoms with van der Waals surface area (Å²) in [6.07, 6.45) is 2.13. The molecule has 0 heterocycles. The lowest BCUT2D eigenvalue weighted by Gasteiger charge is -2.16. The Morgan fingerprint density at radius 1 is 1.31 bits per heavy atom. The zero-order chi connectivity index (χ0) is 9.42. The fraction of sp³-hybridized carbons (Fsp3) is 0.300. The van der Waals surface area contributed by atoms with E-state index in [0.29, 0.717) is 18.6 Å². The maximum atomic E-state index is 11.2. The van der Waals surface area contributed by atoms with Crippen molar-refractivity contribution in [3.8, 4) is 0 Å². The number of fused-ring (bicyclic) bond motifs is 1. The van der Waals surface area contributed by atoms with Crippen LogP contribution in [0.1, 0.15) is 17.5 Å². The molecule has 1 nitrogen and oxygen atoms in total. The van der Waals surface area contributed by atoms with Crippen LogP contribution >= 0.6 is 34.2 Å². The molecular weight excluding hydrogens is 298 g/mol. The van der Waals surface area contributed by atoms with Crippen molar-refractivity contribution in [1.29, 1.82) is 0 Å². The maximum absolute atomic E-state index is 11.2. The van der Waals surface area contributed by atoms with E-state index in [-0.39, 0.29) is 0 Å². The van der Waals surface area contributed by atoms with Crippen LogP contribution in [0.4, 0.5) is 0 Å². The third kappa shape index (κ3) is 1.74. The fourth-order valence-corrected chi connectivity index (χ4v) is 2.51. The van der Waals surface area contributed by atoms with Gasteiger partial charge in [-0.3, -0.25) is 4.79 Å². The Morgan fingerprint density at radius 3 is 2.85 bits per heavy atom. The summed E-state index contributed by atoms with van der Waals surface area (Å²) in [5.41, 5.74) is 2.43. The molecule has 2 rings (SSSR count). The van der Waals surface area contributed by atoms with E-state index in [1.165, 1.54) is 5.56 Å². The van der Waals surface area contributed by atoms with Crippen molar-refractivity contribution in [1.82, 2.24) is 0 Å². The number of halogens is 2. The Hall–Kier alpha value is -0.0900. The molecule has 0 amide bonds. The molecule has 0 bridgehead atoms. The van der Waals surface area contributed by atoms with E-state index < -0.39 is 0 Å². The van der Waals surface area contributed by atoms with E-state index in [2.05, 4.69) is 22.6 Å². The van der Waals surface area contributed by atoms with Crippen molar-refractivity contribution in [2.75, 3.05) is 0 Å². The maximum Gasteiger partial charge on any atom is 0.137 e. The third-order valence-corrected chi connectivity index (χ3v) is 4.21. The first-order valence-corrected chi connectivity index (χ1v) is 5.61. The molecule has 0 fully saturated rings. The molecule has 68 valence electrons. The zero-order valence-corrected chi connectivity index (χ0v) is 9.85. The van der Waals surface area contributed by atoms with Crippen LogP contribution in [0.5, 0.6) is 0 Å². The first-order valence-electron chi connectivity index (χ1n) is 4.16. The van der Waals surface area contributed by atoms with E-state index in [4.69, 9.17) is 11.6 Å². The van der Waals surface area contributed by atoms with Crippen molar-refractivity contribution in [3.05, 3.63) is 31.9 Å². The summed E-state index contributed by atoms with van der Waals surface area (Å²) in [6, 6.07) is 3.95. The highest BCUT2D eigenvalue weighted by atomic mass is 127. The Bertz CT molecular complexity index is 373. The van der Waals surface area contributed by atoms with Crippen LogP contribution in [0.3, 0.4) is 0 Å². The lowest BCUT2D eigenvalue weighted by atomic mass is 9.91. The Kier molecular flexibility index (Phi) is 2.60. The van der Waals surface area contributed by atoms with Gasteiger partial charge in [-0.1, -0.05) is 17.7 Å². The number of carbonyl (C=O) groups is 1. The number of hydrogen-bond donors (Lipinski definition) is 0. The number of aryl methyl sites for hydroxylation is 1. The summed E-state index contributed by atoms with van der Waals surface area (Å²) in [4.78, 5) is 11.2. The SMILES string of the molecule is O=C1CCc2ccc(Cl)c(I)c2C1. The highest BCUT2D eigenvalue weighted by Crippen LogP contribution is 2.29. The molecule has 0 unspecified atom stereocenters. The molecule has 1 aliphatic carbocycles. The van der Waals surface area contributed by atoms with Gasteiger partial charge in [0.05, 0.1) is 5.02 Å². The molecule has 0 aromatic heterocycles. The molecule has 0 radical (unpaired) electrons. The van der Waals surface area contributed by atoms with Gasteiger partial charge in [0.2, 0.25) is 0 Å². The van der Waals surface area contributed by atoms with Gasteiger partial charge in [-0.15, -0.1) is 0 Å². The van der Waals surface area contributed by atoms with Crippen molar-refractivity contribution >= 4 is 40.0 Å². The second kappa shape index (κ2) is 3.58. The van der Waals surface area contributed by atoms with E-state index in [9.17, 15) is 4.79 Å². The molecule has 3 heteroatoms. The third-order valence-electron chi connectivity index (χ3n) is 2.34. The second-order valence-corrected chi connectivity index (χ2v) is 4.70. The van der Waals surface area contributed by atoms with E-state index in [1.807, 2.05) is 12.1 Å². The molecule has 0 aliphatic heterocycles. The molecule has 0 saturated heterocycles. The second-order valence-electron chi connectivity index (χ2n) is 3.21. The quantitative estimate of drug-likeness (QED) is 0.674. The molecule has 0 saturated carbocycles. The van der Waals surface area contributed by atoms with Gasteiger partial charge in [-0.05, 0) is 46.2 Å². The number of carbonyl (C=O) groups excluding carboxylic acids is 1. The van der Waals surface area contributed by atoms with Gasteiger partial charge >= 0.3 is 0 Å². The lowest BCUT2D eigenvalue weighted by Crippen LogP contribution is -2.14. The molecule has 1 aromatic carbocycles. The van der Waals surface area contributed by atoms with Crippen LogP contribution in [-0.4, -0.2) is 5.78 Å². The summed E-state index contributed by atoms with van der Waals surface area (Å²) in [5, 5.41) is 0.758. The number of rotatable bonds is 0. The molecular formula is C10H8ClIO. The van der Waals surface area contributed by atoms with E-state index >= 15 is 0 Å². The fourth-order valence-electron chi connectivity index (χ4n) is 1.62. The van der Waals surface area contributed by atoms with Crippen molar-refractivity contribution in [2.24, 2.45) is 0 Å². The largest absolute Gasteiger partial charge is 0.299 e. The van der Waals surface area contributed by atoms with Gasteiger partial charge in [-0.25, -0.2) is 0 Å². The number of ketones is 1. The first kappa shape index (κ1) is 9.46. The summed E-state index contributed by atoms with van der Waals surface area (Å²) in [6.45, 7) is 0. The predicted octanol–water partition coefficient (Wildman–Crippen LogP) is 3.00.